The van der Waals surface area contributed by atoms with Crippen molar-refractivity contribution in [2.45, 2.75) is 26.9 Å². The SMILES string of the molecule is CCO[C@@H](C)CN(CC)S(=O)[O-]. The van der Waals surface area contributed by atoms with Gasteiger partial charge in [0.05, 0.1) is 6.10 Å². The quantitative estimate of drug-likeness (QED) is 0.579. The summed E-state index contributed by atoms with van der Waals surface area (Å²) < 4.78 is 27.6. The molecule has 2 atom stereocenters. The highest BCUT2D eigenvalue weighted by atomic mass is 32.2. The molecule has 0 aromatic rings. The van der Waals surface area contributed by atoms with Crippen molar-refractivity contribution in [3.63, 3.8) is 0 Å². The summed E-state index contributed by atoms with van der Waals surface area (Å²) in [6, 6.07) is 0. The van der Waals surface area contributed by atoms with E-state index in [1.807, 2.05) is 13.8 Å². The maximum Gasteiger partial charge on any atom is 0.0683 e. The van der Waals surface area contributed by atoms with Crippen molar-refractivity contribution in [1.29, 1.82) is 0 Å². The number of likely N-dealkylation sites (N-methyl/N-ethyl adjacent to an activating group) is 1. The molecule has 0 saturated carbocycles. The predicted molar refractivity (Wildman–Crippen MR) is 47.3 cm³/mol. The van der Waals surface area contributed by atoms with E-state index in [0.717, 1.165) is 0 Å². The van der Waals surface area contributed by atoms with E-state index in [1.54, 1.807) is 6.92 Å². The number of hydrogen-bond acceptors (Lipinski definition) is 3. The molecule has 0 saturated heterocycles. The molecule has 12 heavy (non-hydrogen) atoms. The average molecular weight is 194 g/mol. The topological polar surface area (TPSA) is 52.6 Å². The lowest BCUT2D eigenvalue weighted by molar-refractivity contribution is 0.0627. The van der Waals surface area contributed by atoms with Gasteiger partial charge in [-0.15, -0.1) is 0 Å². The molecule has 0 radical (unpaired) electrons. The third-order valence-corrected chi connectivity index (χ3v) is 2.30. The highest BCUT2D eigenvalue weighted by Crippen LogP contribution is 1.98. The first-order valence-corrected chi connectivity index (χ1v) is 5.10. The number of ether oxygens (including phenoxy) is 1. The first kappa shape index (κ1) is 12.0. The molecule has 0 aliphatic carbocycles. The van der Waals surface area contributed by atoms with E-state index >= 15 is 0 Å². The maximum absolute atomic E-state index is 10.5. The molecular formula is C7H16NO3S-. The van der Waals surface area contributed by atoms with E-state index in [-0.39, 0.29) is 6.10 Å². The molecule has 0 spiro atoms. The first-order valence-electron chi connectivity index (χ1n) is 4.07. The van der Waals surface area contributed by atoms with Crippen LogP contribution in [0.3, 0.4) is 0 Å². The van der Waals surface area contributed by atoms with Crippen molar-refractivity contribution in [3.8, 4) is 0 Å². The highest BCUT2D eigenvalue weighted by Gasteiger charge is 2.07. The van der Waals surface area contributed by atoms with Gasteiger partial charge in [-0.1, -0.05) is 6.92 Å². The van der Waals surface area contributed by atoms with Crippen LogP contribution in [0.1, 0.15) is 20.8 Å². The second kappa shape index (κ2) is 6.54. The van der Waals surface area contributed by atoms with Crippen LogP contribution >= 0.6 is 0 Å². The van der Waals surface area contributed by atoms with Gasteiger partial charge in [0.25, 0.3) is 0 Å². The molecule has 1 unspecified atom stereocenters. The van der Waals surface area contributed by atoms with Crippen LogP contribution in [0, 0.1) is 0 Å². The normalized spacial score (nSPS) is 16.4. The summed E-state index contributed by atoms with van der Waals surface area (Å²) in [5, 5.41) is 0. The molecule has 4 nitrogen and oxygen atoms in total. The van der Waals surface area contributed by atoms with Crippen LogP contribution in [0.4, 0.5) is 0 Å². The Morgan fingerprint density at radius 3 is 2.50 bits per heavy atom. The Balaban J connectivity index is 3.77. The summed E-state index contributed by atoms with van der Waals surface area (Å²) in [5.41, 5.74) is 0. The summed E-state index contributed by atoms with van der Waals surface area (Å²) in [5.74, 6) is 0. The van der Waals surface area contributed by atoms with Gasteiger partial charge in [-0.3, -0.25) is 4.21 Å². The first-order chi connectivity index (χ1) is 5.61. The molecule has 0 aromatic carbocycles. The van der Waals surface area contributed by atoms with Crippen LogP contribution in [0.15, 0.2) is 0 Å². The van der Waals surface area contributed by atoms with Gasteiger partial charge in [0, 0.05) is 31.0 Å². The Morgan fingerprint density at radius 1 is 1.58 bits per heavy atom. The van der Waals surface area contributed by atoms with Gasteiger partial charge in [0.1, 0.15) is 0 Å². The summed E-state index contributed by atoms with van der Waals surface area (Å²) in [7, 11) is 0. The van der Waals surface area contributed by atoms with Crippen LogP contribution in [0.5, 0.6) is 0 Å². The maximum atomic E-state index is 10.5. The zero-order valence-corrected chi connectivity index (χ0v) is 8.60. The van der Waals surface area contributed by atoms with Gasteiger partial charge in [-0.2, -0.15) is 0 Å². The fourth-order valence-corrected chi connectivity index (χ4v) is 1.46. The lowest BCUT2D eigenvalue weighted by atomic mass is 10.4. The van der Waals surface area contributed by atoms with Crippen LogP contribution < -0.4 is 0 Å². The van der Waals surface area contributed by atoms with Crippen molar-refractivity contribution in [1.82, 2.24) is 4.31 Å². The van der Waals surface area contributed by atoms with Crippen molar-refractivity contribution < 1.29 is 13.5 Å². The molecule has 0 aliphatic rings. The van der Waals surface area contributed by atoms with Crippen LogP contribution in [0.25, 0.3) is 0 Å². The molecule has 5 heteroatoms. The minimum Gasteiger partial charge on any atom is -0.760 e. The Bertz CT molecular complexity index is 143. The average Bonchev–Trinajstić information content (AvgIpc) is 2.00. The lowest BCUT2D eigenvalue weighted by Gasteiger charge is -2.25. The van der Waals surface area contributed by atoms with Gasteiger partial charge in [0.15, 0.2) is 0 Å². The van der Waals surface area contributed by atoms with Crippen LogP contribution in [-0.2, 0) is 16.0 Å². The van der Waals surface area contributed by atoms with Crippen molar-refractivity contribution in [2.75, 3.05) is 19.7 Å². The Morgan fingerprint density at radius 2 is 2.17 bits per heavy atom. The Labute approximate surface area is 76.3 Å². The fourth-order valence-electron chi connectivity index (χ4n) is 0.919. The van der Waals surface area contributed by atoms with Crippen molar-refractivity contribution in [2.24, 2.45) is 0 Å². The van der Waals surface area contributed by atoms with E-state index in [0.29, 0.717) is 19.7 Å². The molecule has 0 rings (SSSR count). The molecular weight excluding hydrogens is 178 g/mol. The summed E-state index contributed by atoms with van der Waals surface area (Å²) in [6.07, 6.45) is -0.0344. The van der Waals surface area contributed by atoms with E-state index in [9.17, 15) is 8.76 Å². The van der Waals surface area contributed by atoms with Crippen molar-refractivity contribution >= 4 is 11.3 Å². The molecule has 0 heterocycles. The van der Waals surface area contributed by atoms with E-state index in [2.05, 4.69) is 0 Å². The third-order valence-electron chi connectivity index (χ3n) is 1.48. The second-order valence-electron chi connectivity index (χ2n) is 2.46. The van der Waals surface area contributed by atoms with Crippen LogP contribution in [0.2, 0.25) is 0 Å². The smallest absolute Gasteiger partial charge is 0.0683 e. The molecule has 0 aromatic heterocycles. The Hall–Kier alpha value is 0.0300. The number of nitrogens with zero attached hydrogens (tertiary/aromatic N) is 1. The number of hydrogen-bond donors (Lipinski definition) is 0. The van der Waals surface area contributed by atoms with Gasteiger partial charge in [0.2, 0.25) is 0 Å². The zero-order chi connectivity index (χ0) is 9.56. The zero-order valence-electron chi connectivity index (χ0n) is 7.78. The number of rotatable bonds is 6. The Kier molecular flexibility index (Phi) is 6.55. The van der Waals surface area contributed by atoms with E-state index in [4.69, 9.17) is 4.74 Å². The minimum absolute atomic E-state index is 0.0344. The molecule has 0 fully saturated rings. The lowest BCUT2D eigenvalue weighted by Crippen LogP contribution is -2.33. The van der Waals surface area contributed by atoms with E-state index in [1.165, 1.54) is 4.31 Å². The van der Waals surface area contributed by atoms with Gasteiger partial charge < -0.3 is 9.29 Å². The summed E-state index contributed by atoms with van der Waals surface area (Å²) in [6.45, 7) is 7.09. The van der Waals surface area contributed by atoms with Crippen LogP contribution in [-0.4, -0.2) is 38.9 Å². The standard InChI is InChI=1S/C7H17NO3S/c1-4-8(12(9)10)6-7(3)11-5-2/h7H,4-6H2,1-3H3,(H,9,10)/p-1/t7-/m0/s1. The van der Waals surface area contributed by atoms with E-state index < -0.39 is 11.3 Å². The molecule has 0 bridgehead atoms. The molecule has 74 valence electrons. The molecule has 0 amide bonds. The summed E-state index contributed by atoms with van der Waals surface area (Å²) >= 11 is -2.12. The minimum atomic E-state index is -2.12. The highest BCUT2D eigenvalue weighted by molar-refractivity contribution is 7.76. The van der Waals surface area contributed by atoms with Gasteiger partial charge in [-0.05, 0) is 13.8 Å². The van der Waals surface area contributed by atoms with Gasteiger partial charge in [-0.25, -0.2) is 4.31 Å². The third kappa shape index (κ3) is 4.82. The molecule has 0 aliphatic heterocycles. The predicted octanol–water partition coefficient (Wildman–Crippen LogP) is 0.527. The largest absolute Gasteiger partial charge is 0.760 e. The monoisotopic (exact) mass is 194 g/mol. The second-order valence-corrected chi connectivity index (χ2v) is 3.41. The van der Waals surface area contributed by atoms with Gasteiger partial charge >= 0.3 is 0 Å². The fraction of sp³-hybridized carbons (Fsp3) is 1.00. The van der Waals surface area contributed by atoms with Crippen molar-refractivity contribution in [3.05, 3.63) is 0 Å². The molecule has 0 N–H and O–H groups in total. The summed E-state index contributed by atoms with van der Waals surface area (Å²) in [4.78, 5) is 0.